The number of methoxy groups -OCH3 is 1. The molecule has 3 nitrogen and oxygen atoms in total. The Morgan fingerprint density at radius 2 is 2.38 bits per heavy atom. The Labute approximate surface area is 97.4 Å². The lowest BCUT2D eigenvalue weighted by Gasteiger charge is -2.23. The van der Waals surface area contributed by atoms with Gasteiger partial charge in [-0.2, -0.15) is 0 Å². The summed E-state index contributed by atoms with van der Waals surface area (Å²) in [7, 11) is 3.84. The van der Waals surface area contributed by atoms with Gasteiger partial charge >= 0.3 is 0 Å². The first-order valence-electron chi connectivity index (χ1n) is 5.88. The van der Waals surface area contributed by atoms with Crippen molar-refractivity contribution in [3.63, 3.8) is 0 Å². The summed E-state index contributed by atoms with van der Waals surface area (Å²) in [4.78, 5) is 2.28. The Bertz CT molecular complexity index is 334. The second-order valence-electron chi connectivity index (χ2n) is 4.38. The van der Waals surface area contributed by atoms with E-state index in [9.17, 15) is 0 Å². The second kappa shape index (κ2) is 5.21. The topological polar surface area (TPSA) is 24.5 Å². The van der Waals surface area contributed by atoms with Gasteiger partial charge in [-0.3, -0.25) is 0 Å². The summed E-state index contributed by atoms with van der Waals surface area (Å²) in [6.07, 6.45) is 2.59. The summed E-state index contributed by atoms with van der Waals surface area (Å²) in [6, 6.07) is 8.85. The van der Waals surface area contributed by atoms with E-state index in [1.165, 1.54) is 18.5 Å². The zero-order chi connectivity index (χ0) is 11.4. The molecular weight excluding hydrogens is 200 g/mol. The Morgan fingerprint density at radius 1 is 1.50 bits per heavy atom. The minimum Gasteiger partial charge on any atom is -0.497 e. The summed E-state index contributed by atoms with van der Waals surface area (Å²) >= 11 is 0. The molecule has 1 N–H and O–H groups in total. The number of hydrogen-bond acceptors (Lipinski definition) is 3. The first-order valence-corrected chi connectivity index (χ1v) is 5.88. The van der Waals surface area contributed by atoms with E-state index in [0.717, 1.165) is 18.8 Å². The quantitative estimate of drug-likeness (QED) is 0.838. The van der Waals surface area contributed by atoms with Crippen molar-refractivity contribution in [2.75, 3.05) is 32.1 Å². The molecule has 16 heavy (non-hydrogen) atoms. The maximum Gasteiger partial charge on any atom is 0.120 e. The van der Waals surface area contributed by atoms with Gasteiger partial charge < -0.3 is 15.0 Å². The van der Waals surface area contributed by atoms with Crippen molar-refractivity contribution in [2.24, 2.45) is 0 Å². The molecule has 1 aromatic carbocycles. The fourth-order valence-electron chi connectivity index (χ4n) is 2.20. The van der Waals surface area contributed by atoms with Gasteiger partial charge in [-0.15, -0.1) is 0 Å². The largest absolute Gasteiger partial charge is 0.497 e. The molecule has 0 aliphatic carbocycles. The summed E-state index contributed by atoms with van der Waals surface area (Å²) in [6.45, 7) is 2.23. The molecule has 1 saturated heterocycles. The van der Waals surface area contributed by atoms with Crippen molar-refractivity contribution in [1.82, 2.24) is 5.32 Å². The van der Waals surface area contributed by atoms with Crippen molar-refractivity contribution in [1.29, 1.82) is 0 Å². The van der Waals surface area contributed by atoms with Crippen LogP contribution in [0.3, 0.4) is 0 Å². The zero-order valence-electron chi connectivity index (χ0n) is 10.1. The molecular formula is C13H20N2O. The molecule has 1 aliphatic rings. The standard InChI is InChI=1S/C13H20N2O/c1-15(10-11-5-4-8-14-11)12-6-3-7-13(9-12)16-2/h3,6-7,9,11,14H,4-5,8,10H2,1-2H3/t11-/m1/s1. The predicted octanol–water partition coefficient (Wildman–Crippen LogP) is 1.88. The van der Waals surface area contributed by atoms with Crippen LogP contribution in [0.2, 0.25) is 0 Å². The molecule has 0 aromatic heterocycles. The van der Waals surface area contributed by atoms with E-state index >= 15 is 0 Å². The van der Waals surface area contributed by atoms with Gasteiger partial charge in [0.2, 0.25) is 0 Å². The number of nitrogens with one attached hydrogen (secondary N) is 1. The van der Waals surface area contributed by atoms with E-state index < -0.39 is 0 Å². The lowest BCUT2D eigenvalue weighted by molar-refractivity contribution is 0.415. The van der Waals surface area contributed by atoms with E-state index in [1.54, 1.807) is 7.11 Å². The molecule has 0 unspecified atom stereocenters. The monoisotopic (exact) mass is 220 g/mol. The number of benzene rings is 1. The van der Waals surface area contributed by atoms with E-state index in [-0.39, 0.29) is 0 Å². The molecule has 0 bridgehead atoms. The summed E-state index contributed by atoms with van der Waals surface area (Å²) in [5.41, 5.74) is 1.22. The van der Waals surface area contributed by atoms with E-state index in [2.05, 4.69) is 29.4 Å². The first-order chi connectivity index (χ1) is 7.79. The van der Waals surface area contributed by atoms with Gasteiger partial charge in [-0.1, -0.05) is 6.07 Å². The summed E-state index contributed by atoms with van der Waals surface area (Å²) in [5.74, 6) is 0.920. The van der Waals surface area contributed by atoms with Crippen LogP contribution in [0.25, 0.3) is 0 Å². The SMILES string of the molecule is COc1cccc(N(C)C[C@H]2CCCN2)c1. The van der Waals surface area contributed by atoms with Crippen LogP contribution in [0.4, 0.5) is 5.69 Å². The smallest absolute Gasteiger partial charge is 0.120 e. The molecule has 3 heteroatoms. The molecule has 1 aliphatic heterocycles. The summed E-state index contributed by atoms with van der Waals surface area (Å²) < 4.78 is 5.23. The van der Waals surface area contributed by atoms with Crippen LogP contribution in [0, 0.1) is 0 Å². The zero-order valence-corrected chi connectivity index (χ0v) is 10.1. The van der Waals surface area contributed by atoms with Crippen molar-refractivity contribution in [2.45, 2.75) is 18.9 Å². The molecule has 0 saturated carbocycles. The highest BCUT2D eigenvalue weighted by Gasteiger charge is 2.16. The highest BCUT2D eigenvalue weighted by Crippen LogP contribution is 2.20. The van der Waals surface area contributed by atoms with E-state index in [1.807, 2.05) is 12.1 Å². The average molecular weight is 220 g/mol. The fourth-order valence-corrected chi connectivity index (χ4v) is 2.20. The van der Waals surface area contributed by atoms with Gasteiger partial charge in [-0.05, 0) is 31.5 Å². The van der Waals surface area contributed by atoms with Crippen LogP contribution < -0.4 is 15.0 Å². The third kappa shape index (κ3) is 2.67. The van der Waals surface area contributed by atoms with Crippen LogP contribution in [-0.4, -0.2) is 33.3 Å². The maximum absolute atomic E-state index is 5.23. The third-order valence-corrected chi connectivity index (χ3v) is 3.15. The minimum absolute atomic E-state index is 0.635. The lowest BCUT2D eigenvalue weighted by atomic mass is 10.2. The number of likely N-dealkylation sites (N-methyl/N-ethyl adjacent to an activating group) is 1. The van der Waals surface area contributed by atoms with E-state index in [4.69, 9.17) is 4.74 Å². The number of hydrogen-bond donors (Lipinski definition) is 1. The summed E-state index contributed by atoms with van der Waals surface area (Å²) in [5, 5.41) is 3.51. The molecule has 88 valence electrons. The van der Waals surface area contributed by atoms with Gasteiger partial charge in [-0.25, -0.2) is 0 Å². The predicted molar refractivity (Wildman–Crippen MR) is 67.3 cm³/mol. The molecule has 0 amide bonds. The van der Waals surface area contributed by atoms with Crippen LogP contribution in [0.1, 0.15) is 12.8 Å². The lowest BCUT2D eigenvalue weighted by Crippen LogP contribution is -2.35. The first kappa shape index (κ1) is 11.3. The molecule has 2 rings (SSSR count). The Balaban J connectivity index is 1.98. The second-order valence-corrected chi connectivity index (χ2v) is 4.38. The van der Waals surface area contributed by atoms with Crippen molar-refractivity contribution < 1.29 is 4.74 Å². The number of nitrogens with zero attached hydrogens (tertiary/aromatic N) is 1. The third-order valence-electron chi connectivity index (χ3n) is 3.15. The van der Waals surface area contributed by atoms with Crippen LogP contribution in [-0.2, 0) is 0 Å². The van der Waals surface area contributed by atoms with Crippen molar-refractivity contribution in [3.05, 3.63) is 24.3 Å². The Hall–Kier alpha value is -1.22. The molecule has 1 fully saturated rings. The van der Waals surface area contributed by atoms with Crippen molar-refractivity contribution >= 4 is 5.69 Å². The molecule has 1 heterocycles. The molecule has 1 aromatic rings. The number of rotatable bonds is 4. The van der Waals surface area contributed by atoms with Crippen LogP contribution in [0.15, 0.2) is 24.3 Å². The fraction of sp³-hybridized carbons (Fsp3) is 0.538. The van der Waals surface area contributed by atoms with Gasteiger partial charge in [0.05, 0.1) is 7.11 Å². The van der Waals surface area contributed by atoms with Crippen LogP contribution >= 0.6 is 0 Å². The maximum atomic E-state index is 5.23. The highest BCUT2D eigenvalue weighted by molar-refractivity contribution is 5.50. The molecule has 1 atom stereocenters. The Morgan fingerprint density at radius 3 is 3.06 bits per heavy atom. The van der Waals surface area contributed by atoms with Gasteiger partial charge in [0.25, 0.3) is 0 Å². The number of anilines is 1. The minimum atomic E-state index is 0.635. The van der Waals surface area contributed by atoms with E-state index in [0.29, 0.717) is 6.04 Å². The van der Waals surface area contributed by atoms with Crippen LogP contribution in [0.5, 0.6) is 5.75 Å². The van der Waals surface area contributed by atoms with Crippen molar-refractivity contribution in [3.8, 4) is 5.75 Å². The number of ether oxygens (including phenoxy) is 1. The Kier molecular flexibility index (Phi) is 3.67. The highest BCUT2D eigenvalue weighted by atomic mass is 16.5. The normalized spacial score (nSPS) is 19.8. The molecule has 0 spiro atoms. The molecule has 0 radical (unpaired) electrons. The van der Waals surface area contributed by atoms with Gasteiger partial charge in [0.1, 0.15) is 5.75 Å². The van der Waals surface area contributed by atoms with Gasteiger partial charge in [0, 0.05) is 31.4 Å². The van der Waals surface area contributed by atoms with Gasteiger partial charge in [0.15, 0.2) is 0 Å². The average Bonchev–Trinajstić information content (AvgIpc) is 2.82.